The Kier molecular flexibility index (Phi) is 3.64. The molecule has 4 heteroatoms. The fourth-order valence-electron chi connectivity index (χ4n) is 2.72. The highest BCUT2D eigenvalue weighted by Crippen LogP contribution is 2.38. The van der Waals surface area contributed by atoms with Gasteiger partial charge in [-0.15, -0.1) is 0 Å². The lowest BCUT2D eigenvalue weighted by molar-refractivity contribution is -0.154. The van der Waals surface area contributed by atoms with Crippen molar-refractivity contribution in [2.24, 2.45) is 11.8 Å². The van der Waals surface area contributed by atoms with Gasteiger partial charge in [-0.2, -0.15) is 0 Å². The molecule has 3 unspecified atom stereocenters. The number of nitrogens with zero attached hydrogens (tertiary/aromatic N) is 1. The van der Waals surface area contributed by atoms with Crippen LogP contribution in [-0.2, 0) is 9.59 Å². The molecule has 0 radical (unpaired) electrons. The molecule has 1 aliphatic carbocycles. The number of nitrogens with one attached hydrogen (secondary N) is 1. The van der Waals surface area contributed by atoms with Crippen LogP contribution in [0.2, 0.25) is 0 Å². The molecule has 1 aliphatic heterocycles. The van der Waals surface area contributed by atoms with E-state index in [1.54, 1.807) is 0 Å². The van der Waals surface area contributed by atoms with Crippen molar-refractivity contribution in [1.82, 2.24) is 10.2 Å². The smallest absolute Gasteiger partial charge is 0.246 e. The standard InChI is InChI=1S/C14H24N2O2/c1-5-9(4)16-12(10-6-7-10)13(17)15-11(8(2)3)14(16)18/h8-12H,5-7H2,1-4H3,(H,15,17). The molecule has 1 saturated carbocycles. The number of piperazine rings is 1. The van der Waals surface area contributed by atoms with Crippen molar-refractivity contribution in [2.45, 2.75) is 65.1 Å². The van der Waals surface area contributed by atoms with E-state index in [9.17, 15) is 9.59 Å². The van der Waals surface area contributed by atoms with Crippen molar-refractivity contribution >= 4 is 11.8 Å². The van der Waals surface area contributed by atoms with Gasteiger partial charge in [-0.3, -0.25) is 9.59 Å². The number of carbonyl (C=O) groups excluding carboxylic acids is 2. The van der Waals surface area contributed by atoms with Gasteiger partial charge >= 0.3 is 0 Å². The number of hydrogen-bond donors (Lipinski definition) is 1. The lowest BCUT2D eigenvalue weighted by Crippen LogP contribution is -2.67. The molecule has 0 spiro atoms. The maximum Gasteiger partial charge on any atom is 0.246 e. The molecule has 2 rings (SSSR count). The predicted molar refractivity (Wildman–Crippen MR) is 69.9 cm³/mol. The predicted octanol–water partition coefficient (Wildman–Crippen LogP) is 1.55. The molecular formula is C14H24N2O2. The number of carbonyl (C=O) groups is 2. The van der Waals surface area contributed by atoms with E-state index in [0.717, 1.165) is 19.3 Å². The van der Waals surface area contributed by atoms with Gasteiger partial charge in [0.05, 0.1) is 0 Å². The Hall–Kier alpha value is -1.06. The van der Waals surface area contributed by atoms with Gasteiger partial charge < -0.3 is 10.2 Å². The Bertz CT molecular complexity index is 350. The van der Waals surface area contributed by atoms with E-state index in [-0.39, 0.29) is 35.9 Å². The summed E-state index contributed by atoms with van der Waals surface area (Å²) in [5.41, 5.74) is 0. The van der Waals surface area contributed by atoms with Gasteiger partial charge in [-0.25, -0.2) is 0 Å². The van der Waals surface area contributed by atoms with E-state index in [1.807, 2.05) is 25.7 Å². The first-order valence-electron chi connectivity index (χ1n) is 7.09. The van der Waals surface area contributed by atoms with Crippen LogP contribution in [0.5, 0.6) is 0 Å². The van der Waals surface area contributed by atoms with Gasteiger partial charge in [0.1, 0.15) is 12.1 Å². The number of amides is 2. The van der Waals surface area contributed by atoms with E-state index < -0.39 is 0 Å². The van der Waals surface area contributed by atoms with E-state index >= 15 is 0 Å². The molecular weight excluding hydrogens is 228 g/mol. The maximum absolute atomic E-state index is 12.6. The third-order valence-electron chi connectivity index (χ3n) is 4.19. The molecule has 0 aromatic rings. The largest absolute Gasteiger partial charge is 0.342 e. The zero-order chi connectivity index (χ0) is 13.4. The minimum Gasteiger partial charge on any atom is -0.342 e. The number of hydrogen-bond acceptors (Lipinski definition) is 2. The van der Waals surface area contributed by atoms with Crippen molar-refractivity contribution in [3.8, 4) is 0 Å². The average Bonchev–Trinajstić information content (AvgIpc) is 3.13. The monoisotopic (exact) mass is 252 g/mol. The SMILES string of the molecule is CCC(C)N1C(=O)C(C(C)C)NC(=O)C1C1CC1. The van der Waals surface area contributed by atoms with Gasteiger partial charge in [-0.05, 0) is 38.0 Å². The normalized spacial score (nSPS) is 30.6. The van der Waals surface area contributed by atoms with Gasteiger partial charge in [0, 0.05) is 6.04 Å². The third-order valence-corrected chi connectivity index (χ3v) is 4.19. The Labute approximate surface area is 109 Å². The van der Waals surface area contributed by atoms with Crippen LogP contribution in [0.4, 0.5) is 0 Å². The first-order chi connectivity index (χ1) is 8.47. The summed E-state index contributed by atoms with van der Waals surface area (Å²) < 4.78 is 0. The third kappa shape index (κ3) is 2.25. The minimum absolute atomic E-state index is 0.0519. The summed E-state index contributed by atoms with van der Waals surface area (Å²) in [4.78, 5) is 26.7. The van der Waals surface area contributed by atoms with Crippen molar-refractivity contribution in [1.29, 1.82) is 0 Å². The summed E-state index contributed by atoms with van der Waals surface area (Å²) >= 11 is 0. The molecule has 2 amide bonds. The summed E-state index contributed by atoms with van der Waals surface area (Å²) in [5.74, 6) is 0.691. The van der Waals surface area contributed by atoms with Crippen molar-refractivity contribution < 1.29 is 9.59 Å². The highest BCUT2D eigenvalue weighted by molar-refractivity contribution is 5.97. The van der Waals surface area contributed by atoms with E-state index in [2.05, 4.69) is 12.2 Å². The number of rotatable bonds is 4. The molecule has 1 N–H and O–H groups in total. The Morgan fingerprint density at radius 1 is 1.28 bits per heavy atom. The summed E-state index contributed by atoms with van der Waals surface area (Å²) in [6.45, 7) is 8.08. The van der Waals surface area contributed by atoms with Crippen LogP contribution in [0, 0.1) is 11.8 Å². The van der Waals surface area contributed by atoms with Gasteiger partial charge in [0.15, 0.2) is 0 Å². The fourth-order valence-corrected chi connectivity index (χ4v) is 2.72. The van der Waals surface area contributed by atoms with E-state index in [1.165, 1.54) is 0 Å². The minimum atomic E-state index is -0.346. The van der Waals surface area contributed by atoms with Crippen LogP contribution in [0.3, 0.4) is 0 Å². The molecule has 0 bridgehead atoms. The van der Waals surface area contributed by atoms with Gasteiger partial charge in [0.2, 0.25) is 11.8 Å². The Morgan fingerprint density at radius 2 is 1.89 bits per heavy atom. The fraction of sp³-hybridized carbons (Fsp3) is 0.857. The summed E-state index contributed by atoms with van der Waals surface area (Å²) in [5, 5.41) is 2.92. The zero-order valence-electron chi connectivity index (χ0n) is 11.8. The molecule has 2 fully saturated rings. The van der Waals surface area contributed by atoms with Crippen molar-refractivity contribution in [3.05, 3.63) is 0 Å². The maximum atomic E-state index is 12.6. The molecule has 102 valence electrons. The highest BCUT2D eigenvalue weighted by Gasteiger charge is 2.49. The Balaban J connectivity index is 2.26. The first kappa shape index (κ1) is 13.4. The molecule has 2 aliphatic rings. The van der Waals surface area contributed by atoms with Crippen LogP contribution in [0.25, 0.3) is 0 Å². The van der Waals surface area contributed by atoms with Crippen LogP contribution < -0.4 is 5.32 Å². The second-order valence-electron chi connectivity index (χ2n) is 6.02. The Morgan fingerprint density at radius 3 is 2.33 bits per heavy atom. The van der Waals surface area contributed by atoms with Crippen molar-refractivity contribution in [2.75, 3.05) is 0 Å². The van der Waals surface area contributed by atoms with E-state index in [4.69, 9.17) is 0 Å². The van der Waals surface area contributed by atoms with Crippen LogP contribution in [0.15, 0.2) is 0 Å². The summed E-state index contributed by atoms with van der Waals surface area (Å²) in [6.07, 6.45) is 3.04. The molecule has 1 heterocycles. The highest BCUT2D eigenvalue weighted by atomic mass is 16.2. The molecule has 1 saturated heterocycles. The zero-order valence-corrected chi connectivity index (χ0v) is 11.8. The van der Waals surface area contributed by atoms with Gasteiger partial charge in [-0.1, -0.05) is 20.8 Å². The molecule has 0 aromatic heterocycles. The topological polar surface area (TPSA) is 49.4 Å². The molecule has 4 nitrogen and oxygen atoms in total. The van der Waals surface area contributed by atoms with Crippen LogP contribution >= 0.6 is 0 Å². The lowest BCUT2D eigenvalue weighted by Gasteiger charge is -2.43. The van der Waals surface area contributed by atoms with Crippen LogP contribution in [0.1, 0.15) is 47.0 Å². The van der Waals surface area contributed by atoms with Crippen LogP contribution in [-0.4, -0.2) is 34.8 Å². The van der Waals surface area contributed by atoms with E-state index in [0.29, 0.717) is 5.92 Å². The van der Waals surface area contributed by atoms with Crippen molar-refractivity contribution in [3.63, 3.8) is 0 Å². The lowest BCUT2D eigenvalue weighted by atomic mass is 9.94. The summed E-state index contributed by atoms with van der Waals surface area (Å²) in [7, 11) is 0. The first-order valence-corrected chi connectivity index (χ1v) is 7.09. The molecule has 3 atom stereocenters. The average molecular weight is 252 g/mol. The second kappa shape index (κ2) is 4.90. The summed E-state index contributed by atoms with van der Waals surface area (Å²) in [6, 6.07) is -0.417. The molecule has 0 aromatic carbocycles. The second-order valence-corrected chi connectivity index (χ2v) is 6.02. The quantitative estimate of drug-likeness (QED) is 0.825. The van der Waals surface area contributed by atoms with Gasteiger partial charge in [0.25, 0.3) is 0 Å². The molecule has 18 heavy (non-hydrogen) atoms.